The topological polar surface area (TPSA) is 62.5 Å². The summed E-state index contributed by atoms with van der Waals surface area (Å²) in [4.78, 5) is 19.4. The number of rotatable bonds is 3. The van der Waals surface area contributed by atoms with Gasteiger partial charge in [-0.05, 0) is 31.9 Å². The largest absolute Gasteiger partial charge is 0.363 e. The van der Waals surface area contributed by atoms with Crippen LogP contribution in [0, 0.1) is 13.8 Å². The van der Waals surface area contributed by atoms with E-state index in [1.54, 1.807) is 18.3 Å². The van der Waals surface area contributed by atoms with E-state index >= 15 is 0 Å². The second-order valence-corrected chi connectivity index (χ2v) is 7.73. The number of amides is 1. The number of fused-ring (bicyclic) bond motifs is 2. The second kappa shape index (κ2) is 6.15. The Morgan fingerprint density at radius 1 is 1.36 bits per heavy atom. The molecule has 7 heteroatoms. The van der Waals surface area contributed by atoms with Gasteiger partial charge >= 0.3 is 0 Å². The zero-order valence-electron chi connectivity index (χ0n) is 14.6. The Morgan fingerprint density at radius 2 is 2.16 bits per heavy atom. The molecule has 1 amide bonds. The molecule has 1 aromatic carbocycles. The van der Waals surface area contributed by atoms with Crippen LogP contribution < -0.4 is 10.2 Å². The van der Waals surface area contributed by atoms with Crippen molar-refractivity contribution in [3.63, 3.8) is 0 Å². The first-order chi connectivity index (χ1) is 12.0. The normalized spacial score (nSPS) is 16.9. The fourth-order valence-electron chi connectivity index (χ4n) is 3.57. The van der Waals surface area contributed by atoms with E-state index in [0.717, 1.165) is 40.9 Å². The monoisotopic (exact) mass is 355 g/mol. The summed E-state index contributed by atoms with van der Waals surface area (Å²) in [6, 6.07) is 8.53. The van der Waals surface area contributed by atoms with E-state index in [9.17, 15) is 4.79 Å². The molecule has 1 atom stereocenters. The molecule has 130 valence electrons. The van der Waals surface area contributed by atoms with Crippen LogP contribution in [0.2, 0.25) is 0 Å². The van der Waals surface area contributed by atoms with Crippen molar-refractivity contribution in [2.24, 2.45) is 0 Å². The van der Waals surface area contributed by atoms with Crippen LogP contribution in [0.5, 0.6) is 0 Å². The number of anilines is 1. The number of nitrogens with zero attached hydrogens (tertiary/aromatic N) is 4. The Balaban J connectivity index is 1.70. The van der Waals surface area contributed by atoms with Crippen LogP contribution in [0.4, 0.5) is 5.69 Å². The van der Waals surface area contributed by atoms with E-state index in [1.165, 1.54) is 11.3 Å². The minimum atomic E-state index is 0.0161. The predicted octanol–water partition coefficient (Wildman–Crippen LogP) is 2.48. The maximum Gasteiger partial charge on any atom is 0.217 e. The molecule has 0 spiro atoms. The Hall–Kier alpha value is -2.41. The molecule has 0 saturated heterocycles. The number of aryl methyl sites for hydroxylation is 2. The van der Waals surface area contributed by atoms with Gasteiger partial charge in [-0.2, -0.15) is 5.10 Å². The number of benzene rings is 1. The predicted molar refractivity (Wildman–Crippen MR) is 99.1 cm³/mol. The summed E-state index contributed by atoms with van der Waals surface area (Å²) in [6.07, 6.45) is 0.864. The molecule has 6 nitrogen and oxygen atoms in total. The molecular weight excluding hydrogens is 334 g/mol. The summed E-state index contributed by atoms with van der Waals surface area (Å²) in [5.41, 5.74) is 4.61. The Morgan fingerprint density at radius 3 is 2.96 bits per heavy atom. The van der Waals surface area contributed by atoms with Crippen LogP contribution >= 0.6 is 11.3 Å². The van der Waals surface area contributed by atoms with Gasteiger partial charge in [0.05, 0.1) is 24.0 Å². The van der Waals surface area contributed by atoms with Crippen molar-refractivity contribution in [3.05, 3.63) is 46.2 Å². The van der Waals surface area contributed by atoms with Gasteiger partial charge in [-0.25, -0.2) is 9.50 Å². The molecule has 1 aliphatic heterocycles. The number of nitrogens with one attached hydrogen (secondary N) is 1. The van der Waals surface area contributed by atoms with Crippen molar-refractivity contribution in [1.82, 2.24) is 19.9 Å². The van der Waals surface area contributed by atoms with Gasteiger partial charge in [0.1, 0.15) is 5.01 Å². The molecule has 0 bridgehead atoms. The smallest absolute Gasteiger partial charge is 0.217 e. The maximum absolute atomic E-state index is 11.5. The molecule has 4 rings (SSSR count). The average Bonchev–Trinajstić information content (AvgIpc) is 3.03. The van der Waals surface area contributed by atoms with Crippen molar-refractivity contribution in [3.8, 4) is 0 Å². The quantitative estimate of drug-likeness (QED) is 0.784. The molecule has 0 saturated carbocycles. The highest BCUT2D eigenvalue weighted by Gasteiger charge is 2.26. The Labute approximate surface area is 150 Å². The standard InChI is InChI=1S/C18H21N5OS/c1-11-17(23-18(19-11)25-13(3)21-23)10-22-9-15(20-12(2)24)8-14-6-4-5-7-16(14)22/h4-7,15H,8-10H2,1-3H3,(H,20,24). The van der Waals surface area contributed by atoms with Gasteiger partial charge in [0.15, 0.2) is 0 Å². The Kier molecular flexibility index (Phi) is 3.95. The minimum Gasteiger partial charge on any atom is -0.363 e. The van der Waals surface area contributed by atoms with Crippen LogP contribution in [0.25, 0.3) is 4.96 Å². The lowest BCUT2D eigenvalue weighted by Crippen LogP contribution is -2.47. The average molecular weight is 355 g/mol. The molecule has 0 radical (unpaired) electrons. The molecule has 2 aromatic heterocycles. The SMILES string of the molecule is CC(=O)NC1Cc2ccccc2N(Cc2c(C)nc3sc(C)nn23)C1. The number of aromatic nitrogens is 3. The highest BCUT2D eigenvalue weighted by Crippen LogP contribution is 2.29. The number of carbonyl (C=O) groups excluding carboxylic acids is 1. The number of hydrogen-bond donors (Lipinski definition) is 1. The third-order valence-corrected chi connectivity index (χ3v) is 5.41. The maximum atomic E-state index is 11.5. The highest BCUT2D eigenvalue weighted by molar-refractivity contribution is 7.16. The second-order valence-electron chi connectivity index (χ2n) is 6.57. The third kappa shape index (κ3) is 3.00. The summed E-state index contributed by atoms with van der Waals surface area (Å²) in [7, 11) is 0. The molecule has 1 aliphatic rings. The van der Waals surface area contributed by atoms with E-state index in [4.69, 9.17) is 0 Å². The summed E-state index contributed by atoms with van der Waals surface area (Å²) in [5, 5.41) is 8.68. The molecule has 0 fully saturated rings. The van der Waals surface area contributed by atoms with E-state index in [1.807, 2.05) is 18.4 Å². The third-order valence-electron chi connectivity index (χ3n) is 4.59. The van der Waals surface area contributed by atoms with Gasteiger partial charge in [-0.3, -0.25) is 4.79 Å². The molecule has 3 heterocycles. The van der Waals surface area contributed by atoms with E-state index in [-0.39, 0.29) is 11.9 Å². The van der Waals surface area contributed by atoms with Gasteiger partial charge in [-0.15, -0.1) is 0 Å². The van der Waals surface area contributed by atoms with Crippen molar-refractivity contribution in [2.45, 2.75) is 39.8 Å². The molecule has 3 aromatic rings. The van der Waals surface area contributed by atoms with Crippen molar-refractivity contribution in [2.75, 3.05) is 11.4 Å². The van der Waals surface area contributed by atoms with Crippen molar-refractivity contribution >= 4 is 27.9 Å². The lowest BCUT2D eigenvalue weighted by molar-refractivity contribution is -0.119. The molecular formula is C18H21N5OS. The van der Waals surface area contributed by atoms with Gasteiger partial charge in [0.25, 0.3) is 0 Å². The molecule has 0 aliphatic carbocycles. The van der Waals surface area contributed by atoms with Crippen molar-refractivity contribution in [1.29, 1.82) is 0 Å². The lowest BCUT2D eigenvalue weighted by Gasteiger charge is -2.36. The van der Waals surface area contributed by atoms with Gasteiger partial charge in [-0.1, -0.05) is 29.5 Å². The summed E-state index contributed by atoms with van der Waals surface area (Å²) >= 11 is 1.61. The van der Waals surface area contributed by atoms with Crippen molar-refractivity contribution < 1.29 is 4.79 Å². The summed E-state index contributed by atoms with van der Waals surface area (Å²) < 4.78 is 1.96. The number of para-hydroxylation sites is 1. The van der Waals surface area contributed by atoms with Crippen LogP contribution in [0.1, 0.15) is 28.9 Å². The highest BCUT2D eigenvalue weighted by atomic mass is 32.1. The summed E-state index contributed by atoms with van der Waals surface area (Å²) in [6.45, 7) is 7.12. The van der Waals surface area contributed by atoms with E-state index in [2.05, 4.69) is 44.6 Å². The molecule has 1 N–H and O–H groups in total. The van der Waals surface area contributed by atoms with Gasteiger partial charge < -0.3 is 10.2 Å². The number of hydrogen-bond acceptors (Lipinski definition) is 5. The fraction of sp³-hybridized carbons (Fsp3) is 0.389. The Bertz CT molecular complexity index is 944. The van der Waals surface area contributed by atoms with Crippen LogP contribution in [0.15, 0.2) is 24.3 Å². The van der Waals surface area contributed by atoms with E-state index in [0.29, 0.717) is 0 Å². The molecule has 25 heavy (non-hydrogen) atoms. The number of imidazole rings is 1. The first-order valence-corrected chi connectivity index (χ1v) is 9.24. The summed E-state index contributed by atoms with van der Waals surface area (Å²) in [5.74, 6) is 0.0161. The van der Waals surface area contributed by atoms with Gasteiger partial charge in [0.2, 0.25) is 10.9 Å². The number of carbonyl (C=O) groups is 1. The molecule has 1 unspecified atom stereocenters. The fourth-order valence-corrected chi connectivity index (χ4v) is 4.38. The van der Waals surface area contributed by atoms with Crippen LogP contribution in [-0.4, -0.2) is 33.1 Å². The zero-order chi connectivity index (χ0) is 17.6. The first kappa shape index (κ1) is 16.1. The minimum absolute atomic E-state index is 0.0161. The van der Waals surface area contributed by atoms with Crippen LogP contribution in [0.3, 0.4) is 0 Å². The van der Waals surface area contributed by atoms with E-state index < -0.39 is 0 Å². The van der Waals surface area contributed by atoms with Gasteiger partial charge in [0, 0.05) is 19.2 Å². The first-order valence-electron chi connectivity index (χ1n) is 8.43. The van der Waals surface area contributed by atoms with Crippen LogP contribution in [-0.2, 0) is 17.8 Å². The lowest BCUT2D eigenvalue weighted by atomic mass is 9.97. The zero-order valence-corrected chi connectivity index (χ0v) is 15.4.